The van der Waals surface area contributed by atoms with Crippen LogP contribution in [0.4, 0.5) is 0 Å². The van der Waals surface area contributed by atoms with E-state index in [4.69, 9.17) is 0 Å². The van der Waals surface area contributed by atoms with Gasteiger partial charge in [-0.05, 0) is 12.8 Å². The second-order valence-electron chi connectivity index (χ2n) is 4.52. The van der Waals surface area contributed by atoms with E-state index in [9.17, 15) is 9.90 Å². The zero-order valence-electron chi connectivity index (χ0n) is 9.55. The maximum absolute atomic E-state index is 11.0. The first kappa shape index (κ1) is 13.4. The molecule has 2 nitrogen and oxygen atoms in total. The Labute approximate surface area is 87.0 Å². The van der Waals surface area contributed by atoms with E-state index in [0.29, 0.717) is 19.1 Å². The van der Waals surface area contributed by atoms with Crippen LogP contribution in [0.1, 0.15) is 46.5 Å². The van der Waals surface area contributed by atoms with Gasteiger partial charge in [0.15, 0.2) is 6.29 Å². The van der Waals surface area contributed by atoms with Crippen molar-refractivity contribution in [2.45, 2.75) is 52.1 Å². The number of hydrogen-bond donors (Lipinski definition) is 1. The summed E-state index contributed by atoms with van der Waals surface area (Å²) in [6.45, 7) is 9.50. The first-order chi connectivity index (χ1) is 6.43. The highest BCUT2D eigenvalue weighted by Gasteiger charge is 2.41. The Morgan fingerprint density at radius 1 is 1.43 bits per heavy atom. The Bertz CT molecular complexity index is 196. The van der Waals surface area contributed by atoms with Crippen molar-refractivity contribution in [2.24, 2.45) is 5.41 Å². The summed E-state index contributed by atoms with van der Waals surface area (Å²) >= 11 is 0. The average Bonchev–Trinajstić information content (AvgIpc) is 2.13. The van der Waals surface area contributed by atoms with E-state index in [1.165, 1.54) is 0 Å². The minimum atomic E-state index is -1.21. The number of aliphatic hydroxyl groups is 1. The molecule has 0 aromatic carbocycles. The molecule has 0 aromatic rings. The van der Waals surface area contributed by atoms with Gasteiger partial charge in [0.05, 0.1) is 0 Å². The van der Waals surface area contributed by atoms with E-state index < -0.39 is 11.0 Å². The summed E-state index contributed by atoms with van der Waals surface area (Å²) in [6, 6.07) is 0. The third-order valence-electron chi connectivity index (χ3n) is 2.93. The lowest BCUT2D eigenvalue weighted by Gasteiger charge is -2.38. The van der Waals surface area contributed by atoms with Gasteiger partial charge in [-0.15, -0.1) is 6.58 Å². The summed E-state index contributed by atoms with van der Waals surface area (Å²) in [4.78, 5) is 11.0. The number of carbonyl (C=O) groups is 1. The summed E-state index contributed by atoms with van der Waals surface area (Å²) in [5.74, 6) is 0. The highest BCUT2D eigenvalue weighted by molar-refractivity contribution is 5.63. The van der Waals surface area contributed by atoms with Gasteiger partial charge >= 0.3 is 0 Å². The fraction of sp³-hybridized carbons (Fsp3) is 0.750. The second kappa shape index (κ2) is 5.30. The van der Waals surface area contributed by atoms with E-state index in [2.05, 4.69) is 6.58 Å². The molecule has 0 saturated heterocycles. The second-order valence-corrected chi connectivity index (χ2v) is 4.52. The molecule has 0 aliphatic rings. The molecule has 0 spiro atoms. The third-order valence-corrected chi connectivity index (χ3v) is 2.93. The van der Waals surface area contributed by atoms with Crippen molar-refractivity contribution in [3.05, 3.63) is 12.7 Å². The lowest BCUT2D eigenvalue weighted by atomic mass is 9.71. The molecule has 0 heterocycles. The number of aldehydes is 1. The van der Waals surface area contributed by atoms with Crippen molar-refractivity contribution >= 4 is 6.29 Å². The molecule has 0 aliphatic carbocycles. The van der Waals surface area contributed by atoms with E-state index in [1.807, 2.05) is 20.8 Å². The van der Waals surface area contributed by atoms with Crippen LogP contribution in [-0.4, -0.2) is 17.0 Å². The topological polar surface area (TPSA) is 37.3 Å². The summed E-state index contributed by atoms with van der Waals surface area (Å²) in [7, 11) is 0. The molecule has 0 fully saturated rings. The van der Waals surface area contributed by atoms with Crippen LogP contribution in [0.3, 0.4) is 0 Å². The van der Waals surface area contributed by atoms with Gasteiger partial charge in [-0.2, -0.15) is 0 Å². The number of unbranched alkanes of at least 4 members (excludes halogenated alkanes) is 1. The molecule has 0 bridgehead atoms. The molecular formula is C12H22O2. The van der Waals surface area contributed by atoms with E-state index >= 15 is 0 Å². The van der Waals surface area contributed by atoms with Crippen LogP contribution >= 0.6 is 0 Å². The maximum Gasteiger partial charge on any atom is 0.152 e. The van der Waals surface area contributed by atoms with Crippen LogP contribution in [0.2, 0.25) is 0 Å². The van der Waals surface area contributed by atoms with Crippen LogP contribution in [0.25, 0.3) is 0 Å². The van der Waals surface area contributed by atoms with Crippen molar-refractivity contribution in [1.29, 1.82) is 0 Å². The van der Waals surface area contributed by atoms with Crippen molar-refractivity contribution in [1.82, 2.24) is 0 Å². The van der Waals surface area contributed by atoms with Gasteiger partial charge in [-0.1, -0.05) is 39.7 Å². The number of rotatable bonds is 7. The molecule has 0 rings (SSSR count). The highest BCUT2D eigenvalue weighted by Crippen LogP contribution is 2.36. The highest BCUT2D eigenvalue weighted by atomic mass is 16.3. The summed E-state index contributed by atoms with van der Waals surface area (Å²) < 4.78 is 0. The zero-order valence-corrected chi connectivity index (χ0v) is 9.55. The quantitative estimate of drug-likeness (QED) is 0.504. The fourth-order valence-corrected chi connectivity index (χ4v) is 1.54. The summed E-state index contributed by atoms with van der Waals surface area (Å²) in [6.07, 6.45) is 5.47. The first-order valence-corrected chi connectivity index (χ1v) is 5.23. The fourth-order valence-electron chi connectivity index (χ4n) is 1.54. The van der Waals surface area contributed by atoms with Crippen LogP contribution in [0, 0.1) is 5.41 Å². The Hall–Kier alpha value is -0.630. The monoisotopic (exact) mass is 198 g/mol. The van der Waals surface area contributed by atoms with Crippen LogP contribution in [0.5, 0.6) is 0 Å². The molecule has 0 amide bonds. The molecule has 0 saturated carbocycles. The van der Waals surface area contributed by atoms with Gasteiger partial charge in [0.2, 0.25) is 0 Å². The van der Waals surface area contributed by atoms with E-state index in [0.717, 1.165) is 12.8 Å². The van der Waals surface area contributed by atoms with Gasteiger partial charge in [-0.25, -0.2) is 0 Å². The van der Waals surface area contributed by atoms with Gasteiger partial charge in [0.25, 0.3) is 0 Å². The van der Waals surface area contributed by atoms with Crippen LogP contribution in [0.15, 0.2) is 12.7 Å². The average molecular weight is 198 g/mol. The SMILES string of the molecule is C=CCC(C)(C)C(O)(C=O)CCCC. The standard InChI is InChI=1S/C12H22O2/c1-5-7-9-12(14,10-13)11(3,4)8-6-2/h6,10,14H,2,5,7-9H2,1,3-4H3. The number of carbonyl (C=O) groups excluding carboxylic acids is 1. The van der Waals surface area contributed by atoms with Crippen LogP contribution in [-0.2, 0) is 4.79 Å². The molecule has 0 radical (unpaired) electrons. The minimum Gasteiger partial charge on any atom is -0.382 e. The molecule has 1 atom stereocenters. The molecule has 2 heteroatoms. The number of hydrogen-bond acceptors (Lipinski definition) is 2. The Kier molecular flexibility index (Phi) is 5.06. The van der Waals surface area contributed by atoms with Gasteiger partial charge in [0.1, 0.15) is 5.60 Å². The van der Waals surface area contributed by atoms with E-state index in [-0.39, 0.29) is 0 Å². The van der Waals surface area contributed by atoms with Gasteiger partial charge in [0, 0.05) is 5.41 Å². The largest absolute Gasteiger partial charge is 0.382 e. The summed E-state index contributed by atoms with van der Waals surface area (Å²) in [5.41, 5.74) is -1.64. The Morgan fingerprint density at radius 3 is 2.36 bits per heavy atom. The Morgan fingerprint density at radius 2 is 2.00 bits per heavy atom. The number of allylic oxidation sites excluding steroid dienone is 1. The zero-order chi connectivity index (χ0) is 11.2. The van der Waals surface area contributed by atoms with Crippen LogP contribution < -0.4 is 0 Å². The van der Waals surface area contributed by atoms with E-state index in [1.54, 1.807) is 6.08 Å². The van der Waals surface area contributed by atoms with Crippen molar-refractivity contribution in [2.75, 3.05) is 0 Å². The molecular weight excluding hydrogens is 176 g/mol. The molecule has 82 valence electrons. The molecule has 0 aliphatic heterocycles. The first-order valence-electron chi connectivity index (χ1n) is 5.23. The Balaban J connectivity index is 4.63. The lowest BCUT2D eigenvalue weighted by Crippen LogP contribution is -2.46. The third kappa shape index (κ3) is 2.95. The summed E-state index contributed by atoms with van der Waals surface area (Å²) in [5, 5.41) is 10.2. The predicted octanol–water partition coefficient (Wildman–Crippen LogP) is 2.71. The van der Waals surface area contributed by atoms with Crippen molar-refractivity contribution in [3.63, 3.8) is 0 Å². The van der Waals surface area contributed by atoms with Crippen molar-refractivity contribution < 1.29 is 9.90 Å². The predicted molar refractivity (Wildman–Crippen MR) is 59.1 cm³/mol. The lowest BCUT2D eigenvalue weighted by molar-refractivity contribution is -0.138. The molecule has 14 heavy (non-hydrogen) atoms. The van der Waals surface area contributed by atoms with Gasteiger partial charge < -0.3 is 9.90 Å². The molecule has 0 aromatic heterocycles. The van der Waals surface area contributed by atoms with Gasteiger partial charge in [-0.3, -0.25) is 0 Å². The molecule has 1 N–H and O–H groups in total. The van der Waals surface area contributed by atoms with Crippen molar-refractivity contribution in [3.8, 4) is 0 Å². The normalized spacial score (nSPS) is 16.0. The minimum absolute atomic E-state index is 0.425. The molecule has 1 unspecified atom stereocenters. The maximum atomic E-state index is 11.0. The smallest absolute Gasteiger partial charge is 0.152 e.